The molecule has 1 rings (SSSR count). The van der Waals surface area contributed by atoms with Gasteiger partial charge in [-0.05, 0) is 34.5 Å². The number of amides is 1. The first-order chi connectivity index (χ1) is 8.17. The molecule has 0 heterocycles. The SMILES string of the molecule is CCCCCC(=O)Nc1cc(OC)ccc1Br. The van der Waals surface area contributed by atoms with Gasteiger partial charge in [0.15, 0.2) is 0 Å². The number of hydrogen-bond acceptors (Lipinski definition) is 2. The van der Waals surface area contributed by atoms with Crippen molar-refractivity contribution in [1.82, 2.24) is 0 Å². The van der Waals surface area contributed by atoms with Gasteiger partial charge in [0.2, 0.25) is 5.91 Å². The molecule has 0 unspecified atom stereocenters. The Balaban J connectivity index is 2.57. The fourth-order valence-electron chi connectivity index (χ4n) is 1.48. The minimum atomic E-state index is 0.0485. The number of nitrogens with one attached hydrogen (secondary N) is 1. The first-order valence-electron chi connectivity index (χ1n) is 5.80. The molecule has 0 bridgehead atoms. The number of carbonyl (C=O) groups is 1. The molecule has 1 aromatic rings. The van der Waals surface area contributed by atoms with Crippen molar-refractivity contribution in [2.75, 3.05) is 12.4 Å². The van der Waals surface area contributed by atoms with Crippen LogP contribution >= 0.6 is 15.9 Å². The number of benzene rings is 1. The number of carbonyl (C=O) groups excluding carboxylic acids is 1. The van der Waals surface area contributed by atoms with Crippen molar-refractivity contribution in [3.8, 4) is 5.75 Å². The van der Waals surface area contributed by atoms with Crippen molar-refractivity contribution in [3.05, 3.63) is 22.7 Å². The Morgan fingerprint density at radius 3 is 2.82 bits per heavy atom. The second kappa shape index (κ2) is 7.33. The Bertz CT molecular complexity index is 380. The number of rotatable bonds is 6. The number of methoxy groups -OCH3 is 1. The van der Waals surface area contributed by atoms with Crippen LogP contribution in [0.25, 0.3) is 0 Å². The second-order valence-corrected chi connectivity index (χ2v) is 4.71. The fraction of sp³-hybridized carbons (Fsp3) is 0.462. The van der Waals surface area contributed by atoms with Gasteiger partial charge in [0.1, 0.15) is 5.75 Å². The lowest BCUT2D eigenvalue weighted by atomic mass is 10.2. The maximum Gasteiger partial charge on any atom is 0.224 e. The lowest BCUT2D eigenvalue weighted by Gasteiger charge is -2.09. The molecule has 4 heteroatoms. The van der Waals surface area contributed by atoms with Crippen molar-refractivity contribution in [1.29, 1.82) is 0 Å². The van der Waals surface area contributed by atoms with Gasteiger partial charge in [-0.2, -0.15) is 0 Å². The van der Waals surface area contributed by atoms with E-state index in [0.717, 1.165) is 35.2 Å². The van der Waals surface area contributed by atoms with Gasteiger partial charge >= 0.3 is 0 Å². The molecule has 0 aliphatic carbocycles. The highest BCUT2D eigenvalue weighted by atomic mass is 79.9. The fourth-order valence-corrected chi connectivity index (χ4v) is 1.82. The summed E-state index contributed by atoms with van der Waals surface area (Å²) in [5.74, 6) is 0.782. The molecule has 3 nitrogen and oxygen atoms in total. The predicted molar refractivity (Wildman–Crippen MR) is 73.5 cm³/mol. The van der Waals surface area contributed by atoms with Crippen LogP contribution in [0.15, 0.2) is 22.7 Å². The summed E-state index contributed by atoms with van der Waals surface area (Å²) in [5, 5.41) is 2.88. The van der Waals surface area contributed by atoms with Crippen LogP contribution in [0, 0.1) is 0 Å². The van der Waals surface area contributed by atoms with E-state index in [1.807, 2.05) is 18.2 Å². The van der Waals surface area contributed by atoms with Crippen LogP contribution in [0.1, 0.15) is 32.6 Å². The van der Waals surface area contributed by atoms with Crippen LogP contribution in [-0.4, -0.2) is 13.0 Å². The molecular weight excluding hydrogens is 282 g/mol. The Hall–Kier alpha value is -1.03. The van der Waals surface area contributed by atoms with Crippen LogP contribution in [0.3, 0.4) is 0 Å². The third-order valence-electron chi connectivity index (χ3n) is 2.46. The summed E-state index contributed by atoms with van der Waals surface area (Å²) in [6.07, 6.45) is 3.71. The van der Waals surface area contributed by atoms with E-state index in [1.165, 1.54) is 0 Å². The standard InChI is InChI=1S/C13H18BrNO2/c1-3-4-5-6-13(16)15-12-9-10(17-2)7-8-11(12)14/h7-9H,3-6H2,1-2H3,(H,15,16). The van der Waals surface area contributed by atoms with E-state index >= 15 is 0 Å². The van der Waals surface area contributed by atoms with E-state index in [4.69, 9.17) is 4.74 Å². The average Bonchev–Trinajstić information content (AvgIpc) is 2.32. The lowest BCUT2D eigenvalue weighted by molar-refractivity contribution is -0.116. The molecule has 1 amide bonds. The van der Waals surface area contributed by atoms with Crippen LogP contribution in [0.2, 0.25) is 0 Å². The minimum Gasteiger partial charge on any atom is -0.497 e. The topological polar surface area (TPSA) is 38.3 Å². The molecule has 0 aromatic heterocycles. The Labute approximate surface area is 111 Å². The molecule has 17 heavy (non-hydrogen) atoms. The highest BCUT2D eigenvalue weighted by Crippen LogP contribution is 2.27. The van der Waals surface area contributed by atoms with Crippen LogP contribution in [0.4, 0.5) is 5.69 Å². The molecule has 0 radical (unpaired) electrons. The summed E-state index contributed by atoms with van der Waals surface area (Å²) in [6.45, 7) is 2.12. The smallest absolute Gasteiger partial charge is 0.224 e. The first-order valence-corrected chi connectivity index (χ1v) is 6.60. The molecule has 0 atom stereocenters. The van der Waals surface area contributed by atoms with E-state index < -0.39 is 0 Å². The number of unbranched alkanes of at least 4 members (excludes halogenated alkanes) is 2. The number of anilines is 1. The highest BCUT2D eigenvalue weighted by molar-refractivity contribution is 9.10. The molecular formula is C13H18BrNO2. The average molecular weight is 300 g/mol. The highest BCUT2D eigenvalue weighted by Gasteiger charge is 2.06. The van der Waals surface area contributed by atoms with Gasteiger partial charge in [0, 0.05) is 17.0 Å². The quantitative estimate of drug-likeness (QED) is 0.807. The summed E-state index contributed by atoms with van der Waals surface area (Å²) in [4.78, 5) is 11.7. The van der Waals surface area contributed by atoms with Crippen molar-refractivity contribution >= 4 is 27.5 Å². The molecule has 94 valence electrons. The van der Waals surface area contributed by atoms with Crippen molar-refractivity contribution in [3.63, 3.8) is 0 Å². The maximum absolute atomic E-state index is 11.7. The first kappa shape index (κ1) is 14.0. The zero-order valence-corrected chi connectivity index (χ0v) is 11.8. The second-order valence-electron chi connectivity index (χ2n) is 3.85. The van der Waals surface area contributed by atoms with E-state index in [2.05, 4.69) is 28.2 Å². The summed E-state index contributed by atoms with van der Waals surface area (Å²) in [5.41, 5.74) is 0.755. The zero-order chi connectivity index (χ0) is 12.7. The van der Waals surface area contributed by atoms with Crippen LogP contribution < -0.4 is 10.1 Å². The normalized spacial score (nSPS) is 10.1. The van der Waals surface area contributed by atoms with Gasteiger partial charge in [0.05, 0.1) is 12.8 Å². The van der Waals surface area contributed by atoms with Crippen molar-refractivity contribution in [2.45, 2.75) is 32.6 Å². The molecule has 0 saturated heterocycles. The minimum absolute atomic E-state index is 0.0485. The third-order valence-corrected chi connectivity index (χ3v) is 3.15. The largest absolute Gasteiger partial charge is 0.497 e. The van der Waals surface area contributed by atoms with Gasteiger partial charge < -0.3 is 10.1 Å². The van der Waals surface area contributed by atoms with E-state index in [9.17, 15) is 4.79 Å². The summed E-state index contributed by atoms with van der Waals surface area (Å²) in [6, 6.07) is 5.51. The van der Waals surface area contributed by atoms with E-state index in [0.29, 0.717) is 6.42 Å². The lowest BCUT2D eigenvalue weighted by Crippen LogP contribution is -2.11. The molecule has 0 saturated carbocycles. The van der Waals surface area contributed by atoms with E-state index in [1.54, 1.807) is 7.11 Å². The van der Waals surface area contributed by atoms with Crippen LogP contribution in [0.5, 0.6) is 5.75 Å². The van der Waals surface area contributed by atoms with Crippen molar-refractivity contribution < 1.29 is 9.53 Å². The van der Waals surface area contributed by atoms with E-state index in [-0.39, 0.29) is 5.91 Å². The molecule has 0 aliphatic heterocycles. The summed E-state index contributed by atoms with van der Waals surface area (Å²) >= 11 is 3.40. The Kier molecular flexibility index (Phi) is 6.05. The number of halogens is 1. The zero-order valence-electron chi connectivity index (χ0n) is 10.3. The molecule has 1 N–H and O–H groups in total. The summed E-state index contributed by atoms with van der Waals surface area (Å²) in [7, 11) is 1.61. The molecule has 0 aliphatic rings. The Morgan fingerprint density at radius 2 is 2.18 bits per heavy atom. The number of hydrogen-bond donors (Lipinski definition) is 1. The van der Waals surface area contributed by atoms with Gasteiger partial charge in [-0.15, -0.1) is 0 Å². The third kappa shape index (κ3) is 4.77. The Morgan fingerprint density at radius 1 is 1.41 bits per heavy atom. The van der Waals surface area contributed by atoms with Gasteiger partial charge in [-0.3, -0.25) is 4.79 Å². The van der Waals surface area contributed by atoms with Gasteiger partial charge in [0.25, 0.3) is 0 Å². The predicted octanol–water partition coefficient (Wildman–Crippen LogP) is 3.98. The molecule has 1 aromatic carbocycles. The van der Waals surface area contributed by atoms with Crippen molar-refractivity contribution in [2.24, 2.45) is 0 Å². The van der Waals surface area contributed by atoms with Gasteiger partial charge in [-0.1, -0.05) is 19.8 Å². The summed E-state index contributed by atoms with van der Waals surface area (Å²) < 4.78 is 5.98. The van der Waals surface area contributed by atoms with Gasteiger partial charge in [-0.25, -0.2) is 0 Å². The molecule has 0 spiro atoms. The molecule has 0 fully saturated rings. The maximum atomic E-state index is 11.7. The monoisotopic (exact) mass is 299 g/mol. The van der Waals surface area contributed by atoms with Crippen LogP contribution in [-0.2, 0) is 4.79 Å². The number of ether oxygens (including phenoxy) is 1.